The van der Waals surface area contributed by atoms with E-state index in [4.69, 9.17) is 4.74 Å². The minimum atomic E-state index is 0.676. The van der Waals surface area contributed by atoms with Gasteiger partial charge in [-0.15, -0.1) is 0 Å². The van der Waals surface area contributed by atoms with Crippen LogP contribution in [0.25, 0.3) is 0 Å². The quantitative estimate of drug-likeness (QED) is 0.427. The molecule has 27 heavy (non-hydrogen) atoms. The molecule has 2 N–H and O–H groups in total. The van der Waals surface area contributed by atoms with E-state index in [1.807, 2.05) is 36.5 Å². The smallest absolute Gasteiger partial charge is 0.191 e. The van der Waals surface area contributed by atoms with E-state index in [-0.39, 0.29) is 0 Å². The molecule has 1 fully saturated rings. The van der Waals surface area contributed by atoms with Crippen molar-refractivity contribution in [3.8, 4) is 5.75 Å². The molecule has 144 valence electrons. The molecule has 3 rings (SSSR count). The van der Waals surface area contributed by atoms with E-state index in [2.05, 4.69) is 37.6 Å². The third-order valence-electron chi connectivity index (χ3n) is 4.55. The lowest BCUT2D eigenvalue weighted by Crippen LogP contribution is -2.37. The Hall–Kier alpha value is -2.76. The van der Waals surface area contributed by atoms with Gasteiger partial charge in [-0.25, -0.2) is 4.98 Å². The van der Waals surface area contributed by atoms with Gasteiger partial charge in [0, 0.05) is 39.4 Å². The molecule has 1 aliphatic rings. The maximum atomic E-state index is 5.69. The number of hydrogen-bond donors (Lipinski definition) is 2. The number of rotatable bonds is 8. The fourth-order valence-electron chi connectivity index (χ4n) is 3.05. The van der Waals surface area contributed by atoms with Crippen LogP contribution in [0.15, 0.2) is 53.7 Å². The molecule has 0 aliphatic carbocycles. The second kappa shape index (κ2) is 10.4. The number of para-hydroxylation sites is 1. The highest BCUT2D eigenvalue weighted by Crippen LogP contribution is 2.17. The van der Waals surface area contributed by atoms with E-state index in [1.165, 1.54) is 12.8 Å². The van der Waals surface area contributed by atoms with E-state index in [0.717, 1.165) is 49.1 Å². The van der Waals surface area contributed by atoms with Gasteiger partial charge < -0.3 is 20.3 Å². The minimum absolute atomic E-state index is 0.676. The van der Waals surface area contributed by atoms with Crippen LogP contribution in [-0.2, 0) is 6.54 Å². The van der Waals surface area contributed by atoms with Crippen molar-refractivity contribution in [2.75, 3.05) is 38.2 Å². The highest BCUT2D eigenvalue weighted by Gasteiger charge is 2.12. The standard InChI is InChI=1S/C21H29N5O/c1-22-21(23-12-7-15-27-19-8-3-2-4-9-19)25-17-18-10-11-20(24-16-18)26-13-5-6-14-26/h2-4,8-11,16H,5-7,12-15,17H2,1H3,(H2,22,23,25). The van der Waals surface area contributed by atoms with Crippen LogP contribution in [0.2, 0.25) is 0 Å². The van der Waals surface area contributed by atoms with E-state index < -0.39 is 0 Å². The van der Waals surface area contributed by atoms with Gasteiger partial charge in [0.25, 0.3) is 0 Å². The summed E-state index contributed by atoms with van der Waals surface area (Å²) in [4.78, 5) is 11.2. The van der Waals surface area contributed by atoms with Gasteiger partial charge in [-0.2, -0.15) is 0 Å². The fraction of sp³-hybridized carbons (Fsp3) is 0.429. The van der Waals surface area contributed by atoms with Crippen LogP contribution in [-0.4, -0.2) is 44.2 Å². The normalized spacial score (nSPS) is 14.3. The molecule has 6 nitrogen and oxygen atoms in total. The molecule has 1 aromatic heterocycles. The van der Waals surface area contributed by atoms with Gasteiger partial charge in [0.15, 0.2) is 5.96 Å². The predicted octanol–water partition coefficient (Wildman–Crippen LogP) is 2.82. The number of benzene rings is 1. The van der Waals surface area contributed by atoms with Gasteiger partial charge in [-0.1, -0.05) is 24.3 Å². The van der Waals surface area contributed by atoms with Crippen molar-refractivity contribution < 1.29 is 4.74 Å². The van der Waals surface area contributed by atoms with Crippen molar-refractivity contribution in [1.29, 1.82) is 0 Å². The first-order valence-corrected chi connectivity index (χ1v) is 9.67. The van der Waals surface area contributed by atoms with Crippen LogP contribution >= 0.6 is 0 Å². The summed E-state index contributed by atoms with van der Waals surface area (Å²) >= 11 is 0. The van der Waals surface area contributed by atoms with Crippen molar-refractivity contribution >= 4 is 11.8 Å². The van der Waals surface area contributed by atoms with E-state index in [0.29, 0.717) is 13.2 Å². The topological polar surface area (TPSA) is 61.8 Å². The number of aliphatic imine (C=N–C) groups is 1. The largest absolute Gasteiger partial charge is 0.494 e. The van der Waals surface area contributed by atoms with Crippen molar-refractivity contribution in [3.63, 3.8) is 0 Å². The molecule has 0 bridgehead atoms. The second-order valence-corrected chi connectivity index (χ2v) is 6.59. The van der Waals surface area contributed by atoms with Gasteiger partial charge in [-0.05, 0) is 43.0 Å². The van der Waals surface area contributed by atoms with Gasteiger partial charge in [0.2, 0.25) is 0 Å². The summed E-state index contributed by atoms with van der Waals surface area (Å²) in [7, 11) is 1.78. The molecule has 1 aromatic carbocycles. The van der Waals surface area contributed by atoms with Crippen molar-refractivity contribution in [2.24, 2.45) is 4.99 Å². The fourth-order valence-corrected chi connectivity index (χ4v) is 3.05. The molecule has 0 saturated carbocycles. The summed E-state index contributed by atoms with van der Waals surface area (Å²) < 4.78 is 5.69. The molecular formula is C21H29N5O. The molecule has 2 aromatic rings. The summed E-state index contributed by atoms with van der Waals surface area (Å²) in [6.45, 7) is 4.42. The van der Waals surface area contributed by atoms with Crippen molar-refractivity contribution in [3.05, 3.63) is 54.2 Å². The van der Waals surface area contributed by atoms with E-state index in [9.17, 15) is 0 Å². The average molecular weight is 367 g/mol. The van der Waals surface area contributed by atoms with E-state index >= 15 is 0 Å². The number of aromatic nitrogens is 1. The Kier molecular flexibility index (Phi) is 7.33. The second-order valence-electron chi connectivity index (χ2n) is 6.59. The highest BCUT2D eigenvalue weighted by atomic mass is 16.5. The van der Waals surface area contributed by atoms with Crippen LogP contribution in [0.1, 0.15) is 24.8 Å². The van der Waals surface area contributed by atoms with Gasteiger partial charge in [0.1, 0.15) is 11.6 Å². The number of ether oxygens (including phenoxy) is 1. The number of anilines is 1. The third-order valence-corrected chi connectivity index (χ3v) is 4.55. The lowest BCUT2D eigenvalue weighted by atomic mass is 10.3. The van der Waals surface area contributed by atoms with Crippen molar-refractivity contribution in [1.82, 2.24) is 15.6 Å². The lowest BCUT2D eigenvalue weighted by molar-refractivity contribution is 0.311. The maximum Gasteiger partial charge on any atom is 0.191 e. The molecule has 1 saturated heterocycles. The van der Waals surface area contributed by atoms with Crippen LogP contribution in [0.3, 0.4) is 0 Å². The Balaban J connectivity index is 1.34. The number of guanidine groups is 1. The third kappa shape index (κ3) is 6.16. The summed E-state index contributed by atoms with van der Waals surface area (Å²) in [6.07, 6.45) is 5.38. The predicted molar refractivity (Wildman–Crippen MR) is 110 cm³/mol. The molecule has 2 heterocycles. The number of nitrogens with one attached hydrogen (secondary N) is 2. The van der Waals surface area contributed by atoms with Gasteiger partial charge in [-0.3, -0.25) is 4.99 Å². The molecule has 0 amide bonds. The summed E-state index contributed by atoms with van der Waals surface area (Å²) in [5.74, 6) is 2.78. The molecule has 0 atom stereocenters. The molecular weight excluding hydrogens is 338 g/mol. The number of pyridine rings is 1. The minimum Gasteiger partial charge on any atom is -0.494 e. The van der Waals surface area contributed by atoms with Crippen LogP contribution < -0.4 is 20.3 Å². The van der Waals surface area contributed by atoms with Crippen LogP contribution in [0.5, 0.6) is 5.75 Å². The first kappa shape index (κ1) is 19.0. The monoisotopic (exact) mass is 367 g/mol. The maximum absolute atomic E-state index is 5.69. The van der Waals surface area contributed by atoms with Crippen LogP contribution in [0.4, 0.5) is 5.82 Å². The summed E-state index contributed by atoms with van der Waals surface area (Å²) in [5.41, 5.74) is 1.15. The average Bonchev–Trinajstić information content (AvgIpc) is 3.26. The first-order chi connectivity index (χ1) is 13.3. The molecule has 0 radical (unpaired) electrons. The molecule has 0 unspecified atom stereocenters. The molecule has 1 aliphatic heterocycles. The zero-order valence-corrected chi connectivity index (χ0v) is 16.0. The Morgan fingerprint density at radius 1 is 1.11 bits per heavy atom. The Labute approximate surface area is 161 Å². The molecule has 6 heteroatoms. The van der Waals surface area contributed by atoms with Gasteiger partial charge in [0.05, 0.1) is 6.61 Å². The van der Waals surface area contributed by atoms with Gasteiger partial charge >= 0.3 is 0 Å². The van der Waals surface area contributed by atoms with Crippen LogP contribution in [0, 0.1) is 0 Å². The Morgan fingerprint density at radius 3 is 2.63 bits per heavy atom. The van der Waals surface area contributed by atoms with Crippen molar-refractivity contribution in [2.45, 2.75) is 25.8 Å². The van der Waals surface area contributed by atoms with E-state index in [1.54, 1.807) is 7.05 Å². The zero-order valence-electron chi connectivity index (χ0n) is 16.0. The Bertz CT molecular complexity index is 696. The lowest BCUT2D eigenvalue weighted by Gasteiger charge is -2.16. The first-order valence-electron chi connectivity index (χ1n) is 9.67. The summed E-state index contributed by atoms with van der Waals surface area (Å²) in [6, 6.07) is 14.1. The summed E-state index contributed by atoms with van der Waals surface area (Å²) in [5, 5.41) is 6.64. The molecule has 0 spiro atoms. The Morgan fingerprint density at radius 2 is 1.93 bits per heavy atom. The number of hydrogen-bond acceptors (Lipinski definition) is 4. The highest BCUT2D eigenvalue weighted by molar-refractivity contribution is 5.79. The zero-order chi connectivity index (χ0) is 18.7. The SMILES string of the molecule is CN=C(NCCCOc1ccccc1)NCc1ccc(N2CCCC2)nc1. The number of nitrogens with zero attached hydrogens (tertiary/aromatic N) is 3.